The summed E-state index contributed by atoms with van der Waals surface area (Å²) >= 11 is 0. The highest BCUT2D eigenvalue weighted by atomic mass is 16.6. The summed E-state index contributed by atoms with van der Waals surface area (Å²) in [5.74, 6) is 0.0117. The molecule has 2 aromatic rings. The van der Waals surface area contributed by atoms with Crippen LogP contribution in [-0.4, -0.2) is 91.2 Å². The molecule has 2 fully saturated rings. The van der Waals surface area contributed by atoms with Gasteiger partial charge in [-0.15, -0.1) is 0 Å². The molecule has 15 heteroatoms. The van der Waals surface area contributed by atoms with Gasteiger partial charge in [-0.05, 0) is 6.07 Å². The van der Waals surface area contributed by atoms with E-state index in [0.29, 0.717) is 64.5 Å². The molecule has 15 nitrogen and oxygen atoms in total. The molecule has 33 heavy (non-hydrogen) atoms. The third-order valence-electron chi connectivity index (χ3n) is 4.69. The minimum absolute atomic E-state index is 0.00812. The third kappa shape index (κ3) is 6.11. The van der Waals surface area contributed by atoms with Gasteiger partial charge in [0.15, 0.2) is 12.4 Å². The van der Waals surface area contributed by atoms with Crippen LogP contribution in [0, 0.1) is 10.1 Å². The molecule has 0 radical (unpaired) electrons. The number of furan rings is 1. The van der Waals surface area contributed by atoms with E-state index in [9.17, 15) is 14.9 Å². The Hall–Kier alpha value is -3.85. The van der Waals surface area contributed by atoms with Gasteiger partial charge in [-0.1, -0.05) is 0 Å². The van der Waals surface area contributed by atoms with E-state index in [1.165, 1.54) is 12.1 Å². The Labute approximate surface area is 187 Å². The molecule has 0 bridgehead atoms. The van der Waals surface area contributed by atoms with Gasteiger partial charge in [-0.25, -0.2) is 5.43 Å². The molecule has 176 valence electrons. The number of carbonyl (C=O) groups excluding carboxylic acids is 1. The van der Waals surface area contributed by atoms with Crippen molar-refractivity contribution in [1.29, 1.82) is 0 Å². The third-order valence-corrected chi connectivity index (χ3v) is 4.69. The van der Waals surface area contributed by atoms with E-state index in [4.69, 9.17) is 18.6 Å². The smallest absolute Gasteiger partial charge is 0.433 e. The molecule has 0 saturated carbocycles. The van der Waals surface area contributed by atoms with E-state index in [2.05, 4.69) is 25.5 Å². The number of amides is 1. The quantitative estimate of drug-likeness (QED) is 0.305. The number of hydrogen-bond donors (Lipinski definition) is 1. The maximum atomic E-state index is 12.1. The molecular weight excluding hydrogens is 440 g/mol. The van der Waals surface area contributed by atoms with E-state index in [-0.39, 0.29) is 11.8 Å². The van der Waals surface area contributed by atoms with Crippen LogP contribution in [0.3, 0.4) is 0 Å². The summed E-state index contributed by atoms with van der Waals surface area (Å²) in [4.78, 5) is 39.2. The van der Waals surface area contributed by atoms with Crippen LogP contribution < -0.4 is 20.0 Å². The van der Waals surface area contributed by atoms with Gasteiger partial charge in [0.1, 0.15) is 4.92 Å². The molecule has 4 rings (SSSR count). The van der Waals surface area contributed by atoms with Gasteiger partial charge < -0.3 is 28.4 Å². The van der Waals surface area contributed by atoms with E-state index in [1.54, 1.807) is 0 Å². The summed E-state index contributed by atoms with van der Waals surface area (Å²) in [5.41, 5.74) is 2.25. The van der Waals surface area contributed by atoms with Crippen molar-refractivity contribution in [2.75, 3.05) is 69.0 Å². The Bertz CT molecular complexity index is 965. The summed E-state index contributed by atoms with van der Waals surface area (Å²) in [7, 11) is 0. The lowest BCUT2D eigenvalue weighted by Crippen LogP contribution is -2.40. The van der Waals surface area contributed by atoms with Crippen molar-refractivity contribution in [3.8, 4) is 6.01 Å². The molecule has 0 unspecified atom stereocenters. The summed E-state index contributed by atoms with van der Waals surface area (Å²) in [6.07, 6.45) is 1.14. The highest BCUT2D eigenvalue weighted by molar-refractivity contribution is 5.81. The lowest BCUT2D eigenvalue weighted by Gasteiger charge is -2.30. The number of hydrogen-bond acceptors (Lipinski definition) is 13. The van der Waals surface area contributed by atoms with E-state index >= 15 is 0 Å². The van der Waals surface area contributed by atoms with Gasteiger partial charge in [0.05, 0.1) is 38.7 Å². The molecule has 2 aliphatic heterocycles. The largest absolute Gasteiger partial charge is 0.453 e. The second-order valence-electron chi connectivity index (χ2n) is 6.93. The number of anilines is 2. The van der Waals surface area contributed by atoms with Gasteiger partial charge >= 0.3 is 11.9 Å². The average molecular weight is 462 g/mol. The van der Waals surface area contributed by atoms with Crippen molar-refractivity contribution in [2.24, 2.45) is 5.10 Å². The van der Waals surface area contributed by atoms with Crippen LogP contribution in [0.5, 0.6) is 6.01 Å². The molecule has 2 saturated heterocycles. The number of rotatable bonds is 8. The van der Waals surface area contributed by atoms with E-state index in [1.807, 2.05) is 9.80 Å². The van der Waals surface area contributed by atoms with Crippen molar-refractivity contribution in [1.82, 2.24) is 20.4 Å². The Balaban J connectivity index is 1.38. The van der Waals surface area contributed by atoms with Gasteiger partial charge in [0.2, 0.25) is 11.9 Å². The molecule has 0 atom stereocenters. The number of carbonyl (C=O) groups is 1. The first kappa shape index (κ1) is 22.3. The zero-order chi connectivity index (χ0) is 23.0. The fourth-order valence-electron chi connectivity index (χ4n) is 3.05. The van der Waals surface area contributed by atoms with Gasteiger partial charge in [0, 0.05) is 26.2 Å². The Morgan fingerprint density at radius 3 is 2.24 bits per heavy atom. The van der Waals surface area contributed by atoms with Crippen LogP contribution in [0.2, 0.25) is 0 Å². The predicted molar refractivity (Wildman–Crippen MR) is 112 cm³/mol. The molecule has 0 aromatic carbocycles. The maximum absolute atomic E-state index is 12.1. The Morgan fingerprint density at radius 2 is 1.70 bits per heavy atom. The molecular formula is C18H22N8O7. The molecule has 0 spiro atoms. The fourth-order valence-corrected chi connectivity index (χ4v) is 3.05. The first-order valence-corrected chi connectivity index (χ1v) is 10.2. The predicted octanol–water partition coefficient (Wildman–Crippen LogP) is -0.425. The van der Waals surface area contributed by atoms with Crippen LogP contribution in [0.15, 0.2) is 21.7 Å². The normalized spacial score (nSPS) is 16.7. The average Bonchev–Trinajstić information content (AvgIpc) is 3.33. The highest BCUT2D eigenvalue weighted by Crippen LogP contribution is 2.20. The van der Waals surface area contributed by atoms with Crippen LogP contribution in [0.4, 0.5) is 17.8 Å². The van der Waals surface area contributed by atoms with Crippen LogP contribution in [-0.2, 0) is 14.3 Å². The number of nitrogens with one attached hydrogen (secondary N) is 1. The first-order valence-electron chi connectivity index (χ1n) is 10.2. The molecule has 1 amide bonds. The number of aromatic nitrogens is 3. The maximum Gasteiger partial charge on any atom is 0.433 e. The monoisotopic (exact) mass is 462 g/mol. The van der Waals surface area contributed by atoms with Crippen molar-refractivity contribution >= 4 is 29.9 Å². The van der Waals surface area contributed by atoms with Crippen LogP contribution >= 0.6 is 0 Å². The minimum Gasteiger partial charge on any atom is -0.453 e. The summed E-state index contributed by atoms with van der Waals surface area (Å²) < 4.78 is 21.2. The molecule has 2 aromatic heterocycles. The first-order chi connectivity index (χ1) is 16.1. The Kier molecular flexibility index (Phi) is 7.21. The van der Waals surface area contributed by atoms with Crippen LogP contribution in [0.25, 0.3) is 0 Å². The minimum atomic E-state index is -0.672. The SMILES string of the molecule is O=C(COc1nc(N2CCOCC2)nc(N2CCOCC2)n1)N/N=C/c1ccc([N+](=O)[O-])o1. The second-order valence-corrected chi connectivity index (χ2v) is 6.93. The lowest BCUT2D eigenvalue weighted by molar-refractivity contribution is -0.402. The van der Waals surface area contributed by atoms with Crippen molar-refractivity contribution in [2.45, 2.75) is 0 Å². The number of ether oxygens (including phenoxy) is 3. The molecule has 0 aliphatic carbocycles. The number of nitro groups is 1. The zero-order valence-electron chi connectivity index (χ0n) is 17.6. The number of hydrazone groups is 1. The van der Waals surface area contributed by atoms with Gasteiger partial charge in [0.25, 0.3) is 5.91 Å². The van der Waals surface area contributed by atoms with Crippen LogP contribution in [0.1, 0.15) is 5.76 Å². The summed E-state index contributed by atoms with van der Waals surface area (Å²) in [6.45, 7) is 4.38. The second kappa shape index (κ2) is 10.6. The van der Waals surface area contributed by atoms with Gasteiger partial charge in [-0.2, -0.15) is 20.1 Å². The fraction of sp³-hybridized carbons (Fsp3) is 0.500. The zero-order valence-corrected chi connectivity index (χ0v) is 17.6. The Morgan fingerprint density at radius 1 is 1.09 bits per heavy atom. The standard InChI is InChI=1S/C18H22N8O7/c27-14(23-19-11-13-1-2-15(33-13)26(28)29)12-32-18-21-16(24-3-7-30-8-4-24)20-17(22-18)25-5-9-31-10-6-25/h1-2,11H,3-10,12H2,(H,23,27)/b19-11+. The summed E-state index contributed by atoms with van der Waals surface area (Å²) in [5, 5.41) is 14.3. The van der Waals surface area contributed by atoms with Gasteiger partial charge in [-0.3, -0.25) is 14.9 Å². The summed E-state index contributed by atoms with van der Waals surface area (Å²) in [6, 6.07) is 2.55. The number of nitrogens with zero attached hydrogens (tertiary/aromatic N) is 7. The highest BCUT2D eigenvalue weighted by Gasteiger charge is 2.21. The molecule has 1 N–H and O–H groups in total. The van der Waals surface area contributed by atoms with E-state index in [0.717, 1.165) is 6.21 Å². The van der Waals surface area contributed by atoms with Crippen molar-refractivity contribution in [3.63, 3.8) is 0 Å². The van der Waals surface area contributed by atoms with Crippen molar-refractivity contribution in [3.05, 3.63) is 28.0 Å². The number of morpholine rings is 2. The van der Waals surface area contributed by atoms with Crippen molar-refractivity contribution < 1.29 is 28.3 Å². The topological polar surface area (TPSA) is 171 Å². The molecule has 2 aliphatic rings. The lowest BCUT2D eigenvalue weighted by atomic mass is 10.4. The van der Waals surface area contributed by atoms with E-state index < -0.39 is 23.3 Å². The molecule has 4 heterocycles.